The number of ether oxygens (including phenoxy) is 2. The molecule has 2 aromatic rings. The zero-order chi connectivity index (χ0) is 16.9. The molecule has 1 aromatic heterocycles. The van der Waals surface area contributed by atoms with Crippen LogP contribution in [0.25, 0.3) is 0 Å². The van der Waals surface area contributed by atoms with E-state index < -0.39 is 0 Å². The first-order valence-electron chi connectivity index (χ1n) is 8.15. The van der Waals surface area contributed by atoms with Crippen LogP contribution in [-0.4, -0.2) is 36.1 Å². The van der Waals surface area contributed by atoms with E-state index in [9.17, 15) is 4.79 Å². The summed E-state index contributed by atoms with van der Waals surface area (Å²) in [6, 6.07) is 7.39. The van der Waals surface area contributed by atoms with E-state index in [4.69, 9.17) is 9.47 Å². The molecular weight excluding hydrogens is 324 g/mol. The highest BCUT2D eigenvalue weighted by atomic mass is 32.1. The first-order valence-corrected chi connectivity index (χ1v) is 9.03. The normalized spacial score (nSPS) is 17.6. The molecule has 5 nitrogen and oxygen atoms in total. The number of methoxy groups -OCH3 is 1. The number of benzene rings is 1. The maximum atomic E-state index is 12.7. The summed E-state index contributed by atoms with van der Waals surface area (Å²) in [4.78, 5) is 19.2. The van der Waals surface area contributed by atoms with Gasteiger partial charge in [-0.2, -0.15) is 0 Å². The molecule has 0 radical (unpaired) electrons. The summed E-state index contributed by atoms with van der Waals surface area (Å²) >= 11 is 1.63. The van der Waals surface area contributed by atoms with Crippen molar-refractivity contribution in [3.8, 4) is 11.5 Å². The van der Waals surface area contributed by atoms with E-state index in [1.165, 1.54) is 0 Å². The van der Waals surface area contributed by atoms with Crippen molar-refractivity contribution < 1.29 is 14.3 Å². The Morgan fingerprint density at radius 1 is 1.38 bits per heavy atom. The Morgan fingerprint density at radius 2 is 2.21 bits per heavy atom. The zero-order valence-corrected chi connectivity index (χ0v) is 14.8. The lowest BCUT2D eigenvalue weighted by Gasteiger charge is -2.34. The first-order chi connectivity index (χ1) is 11.7. The third kappa shape index (κ3) is 3.87. The predicted molar refractivity (Wildman–Crippen MR) is 93.6 cm³/mol. The number of carbonyl (C=O) groups excluding carboxylic acids is 1. The van der Waals surface area contributed by atoms with Gasteiger partial charge in [0.1, 0.15) is 16.5 Å². The molecule has 1 aliphatic rings. The maximum absolute atomic E-state index is 12.7. The van der Waals surface area contributed by atoms with Gasteiger partial charge < -0.3 is 14.4 Å². The molecular formula is C18H22N2O3S. The molecule has 128 valence electrons. The summed E-state index contributed by atoms with van der Waals surface area (Å²) in [5, 5.41) is 3.07. The van der Waals surface area contributed by atoms with Crippen LogP contribution in [0.4, 0.5) is 0 Å². The fourth-order valence-corrected chi connectivity index (χ4v) is 3.87. The van der Waals surface area contributed by atoms with Crippen LogP contribution in [0, 0.1) is 6.92 Å². The average molecular weight is 346 g/mol. The number of amides is 1. The average Bonchev–Trinajstić information content (AvgIpc) is 3.06. The molecule has 0 saturated carbocycles. The highest BCUT2D eigenvalue weighted by molar-refractivity contribution is 7.09. The minimum Gasteiger partial charge on any atom is -0.497 e. The number of aromatic nitrogens is 1. The second kappa shape index (κ2) is 7.66. The van der Waals surface area contributed by atoms with Gasteiger partial charge >= 0.3 is 0 Å². The van der Waals surface area contributed by atoms with E-state index in [-0.39, 0.29) is 18.6 Å². The number of thiazole rings is 1. The molecule has 1 amide bonds. The van der Waals surface area contributed by atoms with Crippen LogP contribution in [0.3, 0.4) is 0 Å². The standard InChI is InChI=1S/C18H22N2O3S/c1-13-12-24-18(19-13)16-8-3-4-9-20(16)17(21)11-23-15-7-5-6-14(10-15)22-2/h5-7,10,12,16H,3-4,8-9,11H2,1-2H3/t16-/m0/s1. The fraction of sp³-hybridized carbons (Fsp3) is 0.444. The summed E-state index contributed by atoms with van der Waals surface area (Å²) in [5.41, 5.74) is 1.01. The number of rotatable bonds is 5. The summed E-state index contributed by atoms with van der Waals surface area (Å²) in [6.45, 7) is 2.79. The van der Waals surface area contributed by atoms with E-state index in [0.29, 0.717) is 11.5 Å². The first kappa shape index (κ1) is 16.8. The van der Waals surface area contributed by atoms with Gasteiger partial charge in [-0.05, 0) is 38.3 Å². The fourth-order valence-electron chi connectivity index (χ4n) is 2.93. The molecule has 1 aliphatic heterocycles. The molecule has 6 heteroatoms. The Morgan fingerprint density at radius 3 is 2.96 bits per heavy atom. The number of piperidine rings is 1. The molecule has 0 bridgehead atoms. The Bertz CT molecular complexity index is 701. The SMILES string of the molecule is COc1cccc(OCC(=O)N2CCCC[C@H]2c2nc(C)cs2)c1. The molecule has 2 heterocycles. The molecule has 0 aliphatic carbocycles. The minimum atomic E-state index is 0.00960. The summed E-state index contributed by atoms with van der Waals surface area (Å²) in [6.07, 6.45) is 3.13. The highest BCUT2D eigenvalue weighted by Gasteiger charge is 2.30. The summed E-state index contributed by atoms with van der Waals surface area (Å²) < 4.78 is 10.8. The number of nitrogens with zero attached hydrogens (tertiary/aromatic N) is 2. The highest BCUT2D eigenvalue weighted by Crippen LogP contribution is 2.32. The van der Waals surface area contributed by atoms with E-state index in [1.807, 2.05) is 35.4 Å². The Labute approximate surface area is 146 Å². The van der Waals surface area contributed by atoms with Gasteiger partial charge in [0.05, 0.1) is 13.2 Å². The molecule has 1 atom stereocenters. The van der Waals surface area contributed by atoms with Gasteiger partial charge in [0, 0.05) is 23.7 Å². The van der Waals surface area contributed by atoms with Crippen LogP contribution in [0.2, 0.25) is 0 Å². The Balaban J connectivity index is 1.65. The van der Waals surface area contributed by atoms with Gasteiger partial charge in [-0.1, -0.05) is 6.07 Å². The third-order valence-corrected chi connectivity index (χ3v) is 5.21. The van der Waals surface area contributed by atoms with Gasteiger partial charge in [-0.3, -0.25) is 4.79 Å². The second-order valence-electron chi connectivity index (χ2n) is 5.89. The van der Waals surface area contributed by atoms with Gasteiger partial charge in [-0.15, -0.1) is 11.3 Å². The Hall–Kier alpha value is -2.08. The van der Waals surface area contributed by atoms with Crippen molar-refractivity contribution in [3.05, 3.63) is 40.3 Å². The van der Waals surface area contributed by atoms with Crippen molar-refractivity contribution in [3.63, 3.8) is 0 Å². The van der Waals surface area contributed by atoms with Gasteiger partial charge in [0.2, 0.25) is 0 Å². The number of aryl methyl sites for hydroxylation is 1. The van der Waals surface area contributed by atoms with Crippen LogP contribution in [0.15, 0.2) is 29.6 Å². The lowest BCUT2D eigenvalue weighted by molar-refractivity contribution is -0.137. The predicted octanol–water partition coefficient (Wildman–Crippen LogP) is 3.59. The van der Waals surface area contributed by atoms with Crippen molar-refractivity contribution in [1.82, 2.24) is 9.88 Å². The summed E-state index contributed by atoms with van der Waals surface area (Å²) in [5.74, 6) is 1.37. The van der Waals surface area contributed by atoms with Crippen molar-refractivity contribution in [1.29, 1.82) is 0 Å². The van der Waals surface area contributed by atoms with Crippen LogP contribution in [0.5, 0.6) is 11.5 Å². The molecule has 0 unspecified atom stereocenters. The number of hydrogen-bond acceptors (Lipinski definition) is 5. The zero-order valence-electron chi connectivity index (χ0n) is 14.0. The van der Waals surface area contributed by atoms with Crippen molar-refractivity contribution in [2.24, 2.45) is 0 Å². The largest absolute Gasteiger partial charge is 0.497 e. The molecule has 24 heavy (non-hydrogen) atoms. The molecule has 1 fully saturated rings. The molecule has 0 N–H and O–H groups in total. The molecule has 0 spiro atoms. The monoisotopic (exact) mass is 346 g/mol. The lowest BCUT2D eigenvalue weighted by atomic mass is 10.0. The summed E-state index contributed by atoms with van der Waals surface area (Å²) in [7, 11) is 1.61. The number of carbonyl (C=O) groups is 1. The van der Waals surface area contributed by atoms with Gasteiger partial charge in [0.25, 0.3) is 5.91 Å². The van der Waals surface area contributed by atoms with Crippen LogP contribution < -0.4 is 9.47 Å². The smallest absolute Gasteiger partial charge is 0.261 e. The lowest BCUT2D eigenvalue weighted by Crippen LogP contribution is -2.41. The minimum absolute atomic E-state index is 0.00960. The number of hydrogen-bond donors (Lipinski definition) is 0. The quantitative estimate of drug-likeness (QED) is 0.830. The van der Waals surface area contributed by atoms with Crippen molar-refractivity contribution in [2.45, 2.75) is 32.2 Å². The van der Waals surface area contributed by atoms with E-state index in [1.54, 1.807) is 24.5 Å². The van der Waals surface area contributed by atoms with Gasteiger partial charge in [-0.25, -0.2) is 4.98 Å². The van der Waals surface area contributed by atoms with E-state index >= 15 is 0 Å². The van der Waals surface area contributed by atoms with Crippen LogP contribution in [0.1, 0.15) is 36.0 Å². The Kier molecular flexibility index (Phi) is 5.35. The van der Waals surface area contributed by atoms with Gasteiger partial charge in [0.15, 0.2) is 6.61 Å². The van der Waals surface area contributed by atoms with Crippen LogP contribution >= 0.6 is 11.3 Å². The topological polar surface area (TPSA) is 51.7 Å². The molecule has 1 saturated heterocycles. The van der Waals surface area contributed by atoms with Crippen LogP contribution in [-0.2, 0) is 4.79 Å². The van der Waals surface area contributed by atoms with Crippen molar-refractivity contribution >= 4 is 17.2 Å². The molecule has 3 rings (SSSR count). The maximum Gasteiger partial charge on any atom is 0.261 e. The number of likely N-dealkylation sites (tertiary alicyclic amines) is 1. The van der Waals surface area contributed by atoms with E-state index in [2.05, 4.69) is 4.98 Å². The van der Waals surface area contributed by atoms with Crippen molar-refractivity contribution in [2.75, 3.05) is 20.3 Å². The third-order valence-electron chi connectivity index (χ3n) is 4.15. The second-order valence-corrected chi connectivity index (χ2v) is 6.78. The molecule has 1 aromatic carbocycles. The van der Waals surface area contributed by atoms with E-state index in [0.717, 1.165) is 36.5 Å².